The van der Waals surface area contributed by atoms with Crippen molar-refractivity contribution in [2.75, 3.05) is 13.7 Å². The molecule has 1 aliphatic rings. The predicted octanol–water partition coefficient (Wildman–Crippen LogP) is 4.23. The van der Waals surface area contributed by atoms with Crippen molar-refractivity contribution in [2.45, 2.75) is 26.2 Å². The minimum atomic E-state index is -0.695. The monoisotopic (exact) mass is 367 g/mol. The molecule has 1 aromatic heterocycles. The van der Waals surface area contributed by atoms with E-state index in [1.54, 1.807) is 12.3 Å². The van der Waals surface area contributed by atoms with Crippen molar-refractivity contribution < 1.29 is 23.0 Å². The van der Waals surface area contributed by atoms with Crippen molar-refractivity contribution in [3.63, 3.8) is 0 Å². The van der Waals surface area contributed by atoms with Crippen molar-refractivity contribution in [2.24, 2.45) is 11.8 Å². The average molecular weight is 367 g/mol. The number of hydrogen-bond donors (Lipinski definition) is 0. The molecule has 1 unspecified atom stereocenters. The van der Waals surface area contributed by atoms with Gasteiger partial charge in [-0.25, -0.2) is 13.8 Å². The fraction of sp³-hybridized carbons (Fsp3) is 0.444. The van der Waals surface area contributed by atoms with Crippen molar-refractivity contribution in [3.8, 4) is 16.5 Å². The lowest BCUT2D eigenvalue weighted by atomic mass is 9.98. The molecule has 7 heteroatoms. The minimum Gasteiger partial charge on any atom is -0.470 e. The Kier molecular flexibility index (Phi) is 5.32. The van der Waals surface area contributed by atoms with Crippen molar-refractivity contribution >= 4 is 17.3 Å². The highest BCUT2D eigenvalue weighted by Gasteiger charge is 2.23. The third-order valence-electron chi connectivity index (χ3n) is 4.17. The molecule has 0 spiro atoms. The number of benzene rings is 1. The summed E-state index contributed by atoms with van der Waals surface area (Å²) >= 11 is 1.31. The van der Waals surface area contributed by atoms with Crippen LogP contribution in [0.5, 0.6) is 5.19 Å². The molecule has 2 aromatic rings. The molecular weight excluding hydrogens is 348 g/mol. The first-order valence-corrected chi connectivity index (χ1v) is 9.00. The highest BCUT2D eigenvalue weighted by molar-refractivity contribution is 7.11. The molecule has 0 N–H and O–H groups in total. The Morgan fingerprint density at radius 3 is 2.64 bits per heavy atom. The van der Waals surface area contributed by atoms with Gasteiger partial charge in [0.15, 0.2) is 0 Å². The van der Waals surface area contributed by atoms with E-state index in [-0.39, 0.29) is 12.0 Å². The van der Waals surface area contributed by atoms with Crippen molar-refractivity contribution in [3.05, 3.63) is 34.7 Å². The third kappa shape index (κ3) is 4.34. The second-order valence-corrected chi connectivity index (χ2v) is 7.12. The molecule has 1 aliphatic carbocycles. The van der Waals surface area contributed by atoms with E-state index in [1.807, 2.05) is 0 Å². The van der Waals surface area contributed by atoms with Crippen LogP contribution in [0.15, 0.2) is 17.5 Å². The van der Waals surface area contributed by atoms with Gasteiger partial charge in [0, 0.05) is 16.5 Å². The number of hydrogen-bond acceptors (Lipinski definition) is 5. The molecule has 25 heavy (non-hydrogen) atoms. The number of methoxy groups -OCH3 is 1. The summed E-state index contributed by atoms with van der Waals surface area (Å²) in [7, 11) is 1.25. The van der Waals surface area contributed by atoms with Crippen LogP contribution in [-0.4, -0.2) is 24.7 Å². The molecular formula is C18H19F2NO3S. The smallest absolute Gasteiger partial charge is 0.308 e. The SMILES string of the molecule is COC(=O)C(C)Cc1c(F)cc(-c2csc(OCC3CC3)n2)cc1F. The Morgan fingerprint density at radius 1 is 1.36 bits per heavy atom. The standard InChI is InChI=1S/C18H19F2NO3S/c1-10(17(22)23-2)5-13-14(19)6-12(7-15(13)20)16-9-25-18(21-16)24-8-11-3-4-11/h6-7,9-11H,3-5,8H2,1-2H3. The summed E-state index contributed by atoms with van der Waals surface area (Å²) in [6.07, 6.45) is 2.30. The van der Waals surface area contributed by atoms with Gasteiger partial charge < -0.3 is 9.47 Å². The average Bonchev–Trinajstić information content (AvgIpc) is 3.31. The lowest BCUT2D eigenvalue weighted by Gasteiger charge is -2.11. The van der Waals surface area contributed by atoms with E-state index in [9.17, 15) is 13.6 Å². The van der Waals surface area contributed by atoms with Gasteiger partial charge >= 0.3 is 5.97 Å². The van der Waals surface area contributed by atoms with Crippen LogP contribution >= 0.6 is 11.3 Å². The molecule has 0 radical (unpaired) electrons. The first kappa shape index (κ1) is 17.8. The summed E-state index contributed by atoms with van der Waals surface area (Å²) in [5.74, 6) is -1.90. The van der Waals surface area contributed by atoms with Crippen molar-refractivity contribution in [1.29, 1.82) is 0 Å². The molecule has 0 aliphatic heterocycles. The molecule has 1 saturated carbocycles. The summed E-state index contributed by atoms with van der Waals surface area (Å²) in [4.78, 5) is 15.7. The highest BCUT2D eigenvalue weighted by Crippen LogP contribution is 2.32. The zero-order valence-corrected chi connectivity index (χ0v) is 14.9. The van der Waals surface area contributed by atoms with Crippen LogP contribution in [0.25, 0.3) is 11.3 Å². The van der Waals surface area contributed by atoms with E-state index in [4.69, 9.17) is 4.74 Å². The molecule has 0 saturated heterocycles. The zero-order valence-electron chi connectivity index (χ0n) is 14.1. The Morgan fingerprint density at radius 2 is 2.04 bits per heavy atom. The van der Waals surface area contributed by atoms with Gasteiger partial charge in [-0.3, -0.25) is 4.79 Å². The molecule has 3 rings (SSSR count). The van der Waals surface area contributed by atoms with Gasteiger partial charge in [-0.2, -0.15) is 0 Å². The number of aromatic nitrogens is 1. The summed E-state index contributed by atoms with van der Waals surface area (Å²) in [6.45, 7) is 2.21. The maximum Gasteiger partial charge on any atom is 0.308 e. The molecule has 1 aromatic carbocycles. The molecule has 0 bridgehead atoms. The van der Waals surface area contributed by atoms with Crippen LogP contribution in [0.3, 0.4) is 0 Å². The van der Waals surface area contributed by atoms with E-state index >= 15 is 0 Å². The number of thiazole rings is 1. The minimum absolute atomic E-state index is 0.0581. The van der Waals surface area contributed by atoms with E-state index in [0.29, 0.717) is 29.0 Å². The number of esters is 1. The van der Waals surface area contributed by atoms with Crippen LogP contribution < -0.4 is 4.74 Å². The normalized spacial score (nSPS) is 15.0. The van der Waals surface area contributed by atoms with Gasteiger partial charge in [0.2, 0.25) is 0 Å². The number of carbonyl (C=O) groups excluding carboxylic acids is 1. The fourth-order valence-electron chi connectivity index (χ4n) is 2.47. The zero-order chi connectivity index (χ0) is 18.0. The first-order valence-electron chi connectivity index (χ1n) is 8.12. The van der Waals surface area contributed by atoms with Crippen LogP contribution in [0.4, 0.5) is 8.78 Å². The van der Waals surface area contributed by atoms with Crippen molar-refractivity contribution in [1.82, 2.24) is 4.98 Å². The third-order valence-corrected chi connectivity index (χ3v) is 4.93. The fourth-order valence-corrected chi connectivity index (χ4v) is 3.15. The Hall–Kier alpha value is -2.02. The van der Waals surface area contributed by atoms with Gasteiger partial charge in [0.1, 0.15) is 11.6 Å². The summed E-state index contributed by atoms with van der Waals surface area (Å²) in [5.41, 5.74) is 0.699. The van der Waals surface area contributed by atoms with Gasteiger partial charge in [0.05, 0.1) is 25.3 Å². The number of halogens is 2. The predicted molar refractivity (Wildman–Crippen MR) is 90.6 cm³/mol. The van der Waals surface area contributed by atoms with Crippen LogP contribution in [0.2, 0.25) is 0 Å². The molecule has 1 heterocycles. The van der Waals surface area contributed by atoms with E-state index in [0.717, 1.165) is 0 Å². The maximum atomic E-state index is 14.3. The topological polar surface area (TPSA) is 48.4 Å². The molecule has 1 fully saturated rings. The molecule has 1 atom stereocenters. The van der Waals surface area contributed by atoms with E-state index in [2.05, 4.69) is 9.72 Å². The summed E-state index contributed by atoms with van der Waals surface area (Å²) in [6, 6.07) is 2.48. The molecule has 0 amide bonds. The van der Waals surface area contributed by atoms with Gasteiger partial charge in [0.25, 0.3) is 5.19 Å². The number of nitrogens with zero attached hydrogens (tertiary/aromatic N) is 1. The van der Waals surface area contributed by atoms with E-state index in [1.165, 1.54) is 43.4 Å². The Labute approximate surface area is 148 Å². The summed E-state index contributed by atoms with van der Waals surface area (Å²) in [5, 5.41) is 2.22. The largest absolute Gasteiger partial charge is 0.470 e. The van der Waals surface area contributed by atoms with E-state index < -0.39 is 23.5 Å². The van der Waals surface area contributed by atoms with Gasteiger partial charge in [-0.1, -0.05) is 18.3 Å². The first-order chi connectivity index (χ1) is 12.0. The number of rotatable bonds is 7. The van der Waals surface area contributed by atoms with Gasteiger partial charge in [-0.05, 0) is 37.3 Å². The Balaban J connectivity index is 1.75. The van der Waals surface area contributed by atoms with Gasteiger partial charge in [-0.15, -0.1) is 0 Å². The second kappa shape index (κ2) is 7.47. The van der Waals surface area contributed by atoms with Crippen LogP contribution in [0.1, 0.15) is 25.3 Å². The molecule has 134 valence electrons. The number of carbonyl (C=O) groups is 1. The summed E-state index contributed by atoms with van der Waals surface area (Å²) < 4.78 is 38.9. The lowest BCUT2D eigenvalue weighted by Crippen LogP contribution is -2.16. The molecule has 4 nitrogen and oxygen atoms in total. The second-order valence-electron chi connectivity index (χ2n) is 6.30. The Bertz CT molecular complexity index is 750. The van der Waals surface area contributed by atoms with Crippen LogP contribution in [0, 0.1) is 23.5 Å². The quantitative estimate of drug-likeness (QED) is 0.687. The highest BCUT2D eigenvalue weighted by atomic mass is 32.1. The number of ether oxygens (including phenoxy) is 2. The maximum absolute atomic E-state index is 14.3. The van der Waals surface area contributed by atoms with Crippen LogP contribution in [-0.2, 0) is 16.0 Å². The lowest BCUT2D eigenvalue weighted by molar-refractivity contribution is -0.144.